The molecule has 0 aliphatic heterocycles. The minimum atomic E-state index is -0.435. The van der Waals surface area contributed by atoms with E-state index in [-0.39, 0.29) is 18.3 Å². The highest BCUT2D eigenvalue weighted by atomic mass is 19.1. The number of aromatic amines is 1. The van der Waals surface area contributed by atoms with Crippen LogP contribution < -0.4 is 15.8 Å². The van der Waals surface area contributed by atoms with Crippen molar-refractivity contribution in [1.82, 2.24) is 24.8 Å². The van der Waals surface area contributed by atoms with Crippen molar-refractivity contribution in [3.63, 3.8) is 0 Å². The van der Waals surface area contributed by atoms with Crippen molar-refractivity contribution in [2.75, 3.05) is 43.9 Å². The van der Waals surface area contributed by atoms with E-state index in [0.29, 0.717) is 58.4 Å². The van der Waals surface area contributed by atoms with Gasteiger partial charge in [-0.2, -0.15) is 0 Å². The highest BCUT2D eigenvalue weighted by Gasteiger charge is 2.15. The molecule has 216 valence electrons. The van der Waals surface area contributed by atoms with E-state index in [1.807, 2.05) is 24.3 Å². The lowest BCUT2D eigenvalue weighted by Crippen LogP contribution is -2.28. The molecule has 0 aliphatic carbocycles. The summed E-state index contributed by atoms with van der Waals surface area (Å²) in [6.07, 6.45) is 2.44. The highest BCUT2D eigenvalue weighted by molar-refractivity contribution is 6.06. The number of aromatic nitrogens is 4. The first-order valence-electron chi connectivity index (χ1n) is 13.7. The van der Waals surface area contributed by atoms with Gasteiger partial charge in [0.25, 0.3) is 5.91 Å². The molecule has 0 atom stereocenters. The Balaban J connectivity index is 1.31. The quantitative estimate of drug-likeness (QED) is 0.158. The summed E-state index contributed by atoms with van der Waals surface area (Å²) in [6.45, 7) is 5.15. The molecule has 0 unspecified atom stereocenters. The van der Waals surface area contributed by atoms with Gasteiger partial charge in [-0.3, -0.25) is 4.79 Å². The fourth-order valence-electron chi connectivity index (χ4n) is 4.54. The third-order valence-electron chi connectivity index (χ3n) is 6.73. The molecule has 1 amide bonds. The molecule has 10 nitrogen and oxygen atoms in total. The van der Waals surface area contributed by atoms with E-state index in [4.69, 9.17) is 20.6 Å². The van der Waals surface area contributed by atoms with Gasteiger partial charge in [0.15, 0.2) is 11.6 Å². The maximum Gasteiger partial charge on any atom is 0.255 e. The van der Waals surface area contributed by atoms with Crippen LogP contribution in [-0.4, -0.2) is 68.7 Å². The highest BCUT2D eigenvalue weighted by Crippen LogP contribution is 2.28. The monoisotopic (exact) mass is 569 g/mol. The second kappa shape index (κ2) is 13.2. The van der Waals surface area contributed by atoms with Gasteiger partial charge >= 0.3 is 0 Å². The molecule has 5 N–H and O–H groups in total. The SMILES string of the molecule is CCN(CCO)CCCOc1cccc(-c2cnc(N)c(-c3nc4ccc(C(=O)Nc5cccc(F)c5)cc4[nH]3)n2)c1. The molecule has 0 saturated carbocycles. The number of anilines is 2. The number of likely N-dealkylation sites (N-methyl/N-ethyl adjacent to an activating group) is 1. The summed E-state index contributed by atoms with van der Waals surface area (Å²) in [5.74, 6) is 0.518. The number of aliphatic hydroxyl groups excluding tert-OH is 1. The lowest BCUT2D eigenvalue weighted by Gasteiger charge is -2.18. The van der Waals surface area contributed by atoms with Crippen molar-refractivity contribution in [2.45, 2.75) is 13.3 Å². The second-order valence-electron chi connectivity index (χ2n) is 9.66. The Morgan fingerprint density at radius 2 is 1.95 bits per heavy atom. The number of rotatable bonds is 12. The molecule has 2 aromatic heterocycles. The summed E-state index contributed by atoms with van der Waals surface area (Å²) in [5.41, 5.74) is 9.95. The van der Waals surface area contributed by atoms with E-state index in [0.717, 1.165) is 25.1 Å². The van der Waals surface area contributed by atoms with Crippen molar-refractivity contribution in [3.8, 4) is 28.5 Å². The average molecular weight is 570 g/mol. The first kappa shape index (κ1) is 28.7. The second-order valence-corrected chi connectivity index (χ2v) is 9.66. The maximum atomic E-state index is 13.5. The zero-order valence-corrected chi connectivity index (χ0v) is 23.2. The van der Waals surface area contributed by atoms with Gasteiger partial charge in [-0.15, -0.1) is 0 Å². The first-order chi connectivity index (χ1) is 20.4. The minimum absolute atomic E-state index is 0.144. The molecule has 5 aromatic rings. The Morgan fingerprint density at radius 3 is 2.76 bits per heavy atom. The number of carbonyl (C=O) groups excluding carboxylic acids is 1. The number of ether oxygens (including phenoxy) is 1. The molecular formula is C31H32FN7O3. The van der Waals surface area contributed by atoms with Crippen LogP contribution in [0, 0.1) is 5.82 Å². The van der Waals surface area contributed by atoms with Crippen molar-refractivity contribution >= 4 is 28.4 Å². The summed E-state index contributed by atoms with van der Waals surface area (Å²) >= 11 is 0. The number of imidazole rings is 1. The van der Waals surface area contributed by atoms with Crippen LogP contribution in [0.1, 0.15) is 23.7 Å². The van der Waals surface area contributed by atoms with E-state index in [1.54, 1.807) is 30.5 Å². The van der Waals surface area contributed by atoms with Crippen molar-refractivity contribution < 1.29 is 19.0 Å². The number of amides is 1. The van der Waals surface area contributed by atoms with Gasteiger partial charge in [-0.1, -0.05) is 25.1 Å². The molecule has 0 saturated heterocycles. The lowest BCUT2D eigenvalue weighted by atomic mass is 10.1. The van der Waals surface area contributed by atoms with Crippen LogP contribution in [0.5, 0.6) is 5.75 Å². The first-order valence-corrected chi connectivity index (χ1v) is 13.7. The Bertz CT molecular complexity index is 1690. The summed E-state index contributed by atoms with van der Waals surface area (Å²) in [4.78, 5) is 31.8. The predicted molar refractivity (Wildman–Crippen MR) is 161 cm³/mol. The molecule has 0 fully saturated rings. The van der Waals surface area contributed by atoms with Crippen LogP contribution in [0.2, 0.25) is 0 Å². The average Bonchev–Trinajstić information content (AvgIpc) is 3.42. The number of nitrogens with two attached hydrogens (primary N) is 1. The van der Waals surface area contributed by atoms with Gasteiger partial charge in [0.1, 0.15) is 17.3 Å². The zero-order chi connectivity index (χ0) is 29.5. The van der Waals surface area contributed by atoms with Gasteiger partial charge in [-0.05, 0) is 61.5 Å². The standard InChI is InChI=1S/C31H32FN7O3/c1-2-39(13-14-40)12-5-15-42-24-9-3-6-20(16-24)27-19-34-29(33)28(36-27)30-37-25-11-10-21(17-26(25)38-30)31(41)35-23-8-4-7-22(32)18-23/h3-4,6-11,16-19,40H,2,5,12-15H2,1H3,(H2,33,34)(H,35,41)(H,37,38). The van der Waals surface area contributed by atoms with Crippen LogP contribution >= 0.6 is 0 Å². The van der Waals surface area contributed by atoms with Gasteiger partial charge in [-0.25, -0.2) is 19.3 Å². The predicted octanol–water partition coefficient (Wildman–Crippen LogP) is 4.74. The molecule has 0 aliphatic rings. The molecule has 3 aromatic carbocycles. The number of nitrogens with one attached hydrogen (secondary N) is 2. The number of hydrogen-bond donors (Lipinski definition) is 4. The topological polar surface area (TPSA) is 142 Å². The van der Waals surface area contributed by atoms with E-state index in [2.05, 4.69) is 32.1 Å². The van der Waals surface area contributed by atoms with Crippen LogP contribution in [0.25, 0.3) is 33.8 Å². The largest absolute Gasteiger partial charge is 0.494 e. The normalized spacial score (nSPS) is 11.2. The van der Waals surface area contributed by atoms with Crippen molar-refractivity contribution in [3.05, 3.63) is 84.3 Å². The number of hydrogen-bond acceptors (Lipinski definition) is 8. The number of aliphatic hydroxyl groups is 1. The molecule has 5 rings (SSSR count). The van der Waals surface area contributed by atoms with Crippen molar-refractivity contribution in [1.29, 1.82) is 0 Å². The number of carbonyl (C=O) groups is 1. The summed E-state index contributed by atoms with van der Waals surface area (Å²) in [5, 5.41) is 11.8. The number of nitrogens with zero attached hydrogens (tertiary/aromatic N) is 4. The molecular weight excluding hydrogens is 537 g/mol. The summed E-state index contributed by atoms with van der Waals surface area (Å²) in [7, 11) is 0. The lowest BCUT2D eigenvalue weighted by molar-refractivity contribution is 0.102. The molecule has 0 spiro atoms. The number of nitrogen functional groups attached to an aromatic ring is 1. The Labute approximate surface area is 242 Å². The molecule has 11 heteroatoms. The number of fused-ring (bicyclic) bond motifs is 1. The fraction of sp³-hybridized carbons (Fsp3) is 0.226. The smallest absolute Gasteiger partial charge is 0.255 e. The van der Waals surface area contributed by atoms with E-state index >= 15 is 0 Å². The zero-order valence-electron chi connectivity index (χ0n) is 23.2. The number of benzene rings is 3. The Hall–Kier alpha value is -4.87. The Morgan fingerprint density at radius 1 is 1.10 bits per heavy atom. The minimum Gasteiger partial charge on any atom is -0.494 e. The van der Waals surface area contributed by atoms with Gasteiger partial charge in [0, 0.05) is 29.9 Å². The summed E-state index contributed by atoms with van der Waals surface area (Å²) < 4.78 is 19.5. The van der Waals surface area contributed by atoms with E-state index < -0.39 is 5.82 Å². The van der Waals surface area contributed by atoms with Gasteiger partial charge in [0.05, 0.1) is 36.1 Å². The third kappa shape index (κ3) is 6.88. The van der Waals surface area contributed by atoms with Crippen LogP contribution in [-0.2, 0) is 0 Å². The van der Waals surface area contributed by atoms with E-state index in [9.17, 15) is 9.18 Å². The van der Waals surface area contributed by atoms with Gasteiger partial charge < -0.3 is 30.8 Å². The van der Waals surface area contributed by atoms with Gasteiger partial charge in [0.2, 0.25) is 0 Å². The summed E-state index contributed by atoms with van der Waals surface area (Å²) in [6, 6.07) is 18.3. The van der Waals surface area contributed by atoms with Crippen LogP contribution in [0.3, 0.4) is 0 Å². The van der Waals surface area contributed by atoms with Crippen molar-refractivity contribution in [2.24, 2.45) is 0 Å². The Kier molecular flexibility index (Phi) is 9.00. The van der Waals surface area contributed by atoms with Crippen LogP contribution in [0.4, 0.5) is 15.9 Å². The van der Waals surface area contributed by atoms with Crippen LogP contribution in [0.15, 0.2) is 72.9 Å². The maximum absolute atomic E-state index is 13.5. The fourth-order valence-corrected chi connectivity index (χ4v) is 4.54. The molecule has 0 bridgehead atoms. The molecule has 2 heterocycles. The van der Waals surface area contributed by atoms with E-state index in [1.165, 1.54) is 18.2 Å². The molecule has 42 heavy (non-hydrogen) atoms. The molecule has 0 radical (unpaired) electrons. The third-order valence-corrected chi connectivity index (χ3v) is 6.73. The number of H-pyrrole nitrogens is 1. The number of halogens is 1.